The quantitative estimate of drug-likeness (QED) is 0.751. The molecule has 3 rings (SSSR count). The molecule has 0 unspecified atom stereocenters. The molecular weight excluding hydrogens is 254 g/mol. The number of amides is 2. The first-order chi connectivity index (χ1) is 8.55. The molecule has 7 heteroatoms. The van der Waals surface area contributed by atoms with Crippen LogP contribution in [0.4, 0.5) is 10.5 Å². The number of rotatable bonds is 2. The average Bonchev–Trinajstić information content (AvgIpc) is 2.74. The number of fused-ring (bicyclic) bond motifs is 1. The molecule has 1 aromatic rings. The van der Waals surface area contributed by atoms with E-state index < -0.39 is 9.84 Å². The fraction of sp³-hybridized carbons (Fsp3) is 0.364. The summed E-state index contributed by atoms with van der Waals surface area (Å²) in [7, 11) is -3.05. The van der Waals surface area contributed by atoms with Crippen molar-refractivity contribution in [1.29, 1.82) is 0 Å². The van der Waals surface area contributed by atoms with Crippen LogP contribution in [0, 0.1) is 0 Å². The Hall–Kier alpha value is -1.76. The highest BCUT2D eigenvalue weighted by molar-refractivity contribution is 7.91. The zero-order valence-corrected chi connectivity index (χ0v) is 10.4. The van der Waals surface area contributed by atoms with Crippen LogP contribution in [-0.4, -0.2) is 43.0 Å². The standard InChI is InChI=1S/C11H13N3O3S/c15-11-12-9-6-18(16,17)7-10(9)14(11)13-8-4-2-1-3-5-8/h1-5,9-10,13H,6-7H2,(H,12,15)/t9-,10-/m1/s1. The van der Waals surface area contributed by atoms with Crippen LogP contribution in [0.5, 0.6) is 0 Å². The Labute approximate surface area is 105 Å². The maximum Gasteiger partial charge on any atom is 0.336 e. The van der Waals surface area contributed by atoms with Crippen molar-refractivity contribution < 1.29 is 13.2 Å². The molecule has 2 heterocycles. The van der Waals surface area contributed by atoms with Crippen molar-refractivity contribution in [3.63, 3.8) is 0 Å². The van der Waals surface area contributed by atoms with Gasteiger partial charge >= 0.3 is 6.03 Å². The molecule has 2 aliphatic heterocycles. The third-order valence-corrected chi connectivity index (χ3v) is 4.92. The van der Waals surface area contributed by atoms with E-state index in [1.807, 2.05) is 30.3 Å². The zero-order valence-electron chi connectivity index (χ0n) is 9.54. The first kappa shape index (κ1) is 11.3. The molecule has 2 saturated heterocycles. The molecule has 2 amide bonds. The Morgan fingerprint density at radius 2 is 1.94 bits per heavy atom. The molecule has 6 nitrogen and oxygen atoms in total. The van der Waals surface area contributed by atoms with Crippen LogP contribution in [0.15, 0.2) is 30.3 Å². The minimum atomic E-state index is -3.05. The van der Waals surface area contributed by atoms with Gasteiger partial charge in [0.05, 0.1) is 29.3 Å². The highest BCUT2D eigenvalue weighted by atomic mass is 32.2. The average molecular weight is 267 g/mol. The van der Waals surface area contributed by atoms with E-state index in [2.05, 4.69) is 10.7 Å². The van der Waals surface area contributed by atoms with Crippen LogP contribution in [0.1, 0.15) is 0 Å². The molecule has 2 atom stereocenters. The van der Waals surface area contributed by atoms with Gasteiger partial charge in [-0.25, -0.2) is 18.2 Å². The van der Waals surface area contributed by atoms with Crippen molar-refractivity contribution in [2.75, 3.05) is 16.9 Å². The summed E-state index contributed by atoms with van der Waals surface area (Å²) in [4.78, 5) is 11.8. The van der Waals surface area contributed by atoms with Crippen molar-refractivity contribution in [1.82, 2.24) is 10.3 Å². The lowest BCUT2D eigenvalue weighted by molar-refractivity contribution is 0.218. The van der Waals surface area contributed by atoms with Gasteiger partial charge in [0.2, 0.25) is 0 Å². The van der Waals surface area contributed by atoms with Gasteiger partial charge in [-0.05, 0) is 12.1 Å². The van der Waals surface area contributed by atoms with E-state index in [4.69, 9.17) is 0 Å². The predicted molar refractivity (Wildman–Crippen MR) is 66.7 cm³/mol. The summed E-state index contributed by atoms with van der Waals surface area (Å²) in [5, 5.41) is 4.07. The molecule has 0 aromatic heterocycles. The molecule has 0 aliphatic carbocycles. The van der Waals surface area contributed by atoms with Crippen LogP contribution in [0.2, 0.25) is 0 Å². The summed E-state index contributed by atoms with van der Waals surface area (Å²) in [5.41, 5.74) is 3.72. The molecule has 0 saturated carbocycles. The number of anilines is 1. The number of nitrogens with zero attached hydrogens (tertiary/aromatic N) is 1. The third kappa shape index (κ3) is 1.90. The van der Waals surface area contributed by atoms with Gasteiger partial charge < -0.3 is 5.32 Å². The Morgan fingerprint density at radius 3 is 2.67 bits per heavy atom. The molecule has 0 spiro atoms. The third-order valence-electron chi connectivity index (χ3n) is 3.21. The van der Waals surface area contributed by atoms with Gasteiger partial charge in [-0.3, -0.25) is 5.43 Å². The number of urea groups is 1. The lowest BCUT2D eigenvalue weighted by atomic mass is 10.2. The second-order valence-electron chi connectivity index (χ2n) is 4.55. The minimum Gasteiger partial charge on any atom is -0.331 e. The van der Waals surface area contributed by atoms with Gasteiger partial charge in [0, 0.05) is 0 Å². The van der Waals surface area contributed by atoms with Crippen molar-refractivity contribution >= 4 is 21.6 Å². The Bertz CT molecular complexity index is 572. The molecular formula is C11H13N3O3S. The largest absolute Gasteiger partial charge is 0.336 e. The van der Waals surface area contributed by atoms with Crippen molar-refractivity contribution in [3.8, 4) is 0 Å². The minimum absolute atomic E-state index is 0.0102. The number of carbonyl (C=O) groups excluding carboxylic acids is 1. The van der Waals surface area contributed by atoms with Crippen LogP contribution < -0.4 is 10.7 Å². The molecule has 96 valence electrons. The normalized spacial score (nSPS) is 28.9. The molecule has 18 heavy (non-hydrogen) atoms. The van der Waals surface area contributed by atoms with Crippen molar-refractivity contribution in [2.24, 2.45) is 0 Å². The van der Waals surface area contributed by atoms with Gasteiger partial charge in [0.25, 0.3) is 0 Å². The topological polar surface area (TPSA) is 78.5 Å². The first-order valence-corrected chi connectivity index (χ1v) is 7.49. The van der Waals surface area contributed by atoms with Crippen molar-refractivity contribution in [3.05, 3.63) is 30.3 Å². The van der Waals surface area contributed by atoms with Crippen LogP contribution in [-0.2, 0) is 9.84 Å². The molecule has 2 fully saturated rings. The highest BCUT2D eigenvalue weighted by Gasteiger charge is 2.49. The van der Waals surface area contributed by atoms with E-state index in [0.717, 1.165) is 5.69 Å². The Balaban J connectivity index is 1.82. The maximum atomic E-state index is 11.8. The fourth-order valence-electron chi connectivity index (χ4n) is 2.39. The maximum absolute atomic E-state index is 11.8. The van der Waals surface area contributed by atoms with E-state index in [0.29, 0.717) is 0 Å². The fourth-order valence-corrected chi connectivity index (χ4v) is 4.28. The van der Waals surface area contributed by atoms with Gasteiger partial charge in [-0.1, -0.05) is 18.2 Å². The number of para-hydroxylation sites is 1. The van der Waals surface area contributed by atoms with E-state index in [-0.39, 0.29) is 29.6 Å². The number of carbonyl (C=O) groups is 1. The Morgan fingerprint density at radius 1 is 1.22 bits per heavy atom. The SMILES string of the molecule is O=C1N[C@@H]2CS(=O)(=O)C[C@H]2N1Nc1ccccc1. The second kappa shape index (κ2) is 3.88. The lowest BCUT2D eigenvalue weighted by Crippen LogP contribution is -2.41. The number of hydrazine groups is 1. The zero-order chi connectivity index (χ0) is 12.8. The summed E-state index contributed by atoms with van der Waals surface area (Å²) in [5.74, 6) is 0.0343. The summed E-state index contributed by atoms with van der Waals surface area (Å²) in [6, 6.07) is 8.30. The molecule has 2 aliphatic rings. The van der Waals surface area contributed by atoms with Crippen LogP contribution in [0.3, 0.4) is 0 Å². The van der Waals surface area contributed by atoms with E-state index in [1.165, 1.54) is 5.01 Å². The summed E-state index contributed by atoms with van der Waals surface area (Å²) in [6.45, 7) is 0. The van der Waals surface area contributed by atoms with Crippen LogP contribution >= 0.6 is 0 Å². The number of hydrogen-bond donors (Lipinski definition) is 2. The van der Waals surface area contributed by atoms with Crippen molar-refractivity contribution in [2.45, 2.75) is 12.1 Å². The number of sulfone groups is 1. The van der Waals surface area contributed by atoms with Gasteiger partial charge in [0.15, 0.2) is 9.84 Å². The molecule has 2 N–H and O–H groups in total. The number of benzene rings is 1. The monoisotopic (exact) mass is 267 g/mol. The Kier molecular flexibility index (Phi) is 2.44. The molecule has 1 aromatic carbocycles. The summed E-state index contributed by atoms with van der Waals surface area (Å²) in [6.07, 6.45) is 0. The first-order valence-electron chi connectivity index (χ1n) is 5.67. The molecule has 0 bridgehead atoms. The lowest BCUT2D eigenvalue weighted by Gasteiger charge is -2.22. The van der Waals surface area contributed by atoms with Crippen LogP contribution in [0.25, 0.3) is 0 Å². The van der Waals surface area contributed by atoms with Gasteiger partial charge in [-0.15, -0.1) is 0 Å². The van der Waals surface area contributed by atoms with Gasteiger partial charge in [-0.2, -0.15) is 0 Å². The predicted octanol–water partition coefficient (Wildman–Crippen LogP) is 0.204. The second-order valence-corrected chi connectivity index (χ2v) is 6.70. The number of nitrogens with one attached hydrogen (secondary N) is 2. The van der Waals surface area contributed by atoms with E-state index in [1.54, 1.807) is 0 Å². The van der Waals surface area contributed by atoms with Gasteiger partial charge in [0.1, 0.15) is 0 Å². The van der Waals surface area contributed by atoms with E-state index >= 15 is 0 Å². The van der Waals surface area contributed by atoms with E-state index in [9.17, 15) is 13.2 Å². The highest BCUT2D eigenvalue weighted by Crippen LogP contribution is 2.24. The summed E-state index contributed by atoms with van der Waals surface area (Å²) >= 11 is 0. The smallest absolute Gasteiger partial charge is 0.331 e. The number of hydrogen-bond acceptors (Lipinski definition) is 4. The summed E-state index contributed by atoms with van der Waals surface area (Å²) < 4.78 is 23.1. The molecule has 0 radical (unpaired) electrons.